The van der Waals surface area contributed by atoms with Gasteiger partial charge in [0.25, 0.3) is 11.8 Å². The van der Waals surface area contributed by atoms with E-state index in [1.807, 2.05) is 6.07 Å². The molecule has 23 heavy (non-hydrogen) atoms. The zero-order chi connectivity index (χ0) is 16.6. The van der Waals surface area contributed by atoms with Crippen LogP contribution in [-0.4, -0.2) is 53.0 Å². The maximum Gasteiger partial charge on any atom is 0.321 e. The minimum atomic E-state index is -0.499. The summed E-state index contributed by atoms with van der Waals surface area (Å²) in [6.07, 6.45) is 1.19. The number of imide groups is 1. The standard InChI is InChI=1S/C15H16N4O4/c1-18-8-9-3-2-4-10(13(9)17-15(18)23)16-11-7-12(21)19(5-6-20)14(11)22/h2-4,7,16,20H,5-6,8H2,1H3,(H,17,23). The van der Waals surface area contributed by atoms with Crippen molar-refractivity contribution >= 4 is 29.2 Å². The number of urea groups is 1. The maximum atomic E-state index is 12.2. The summed E-state index contributed by atoms with van der Waals surface area (Å²) in [5.74, 6) is -0.971. The van der Waals surface area contributed by atoms with Crippen LogP contribution in [0.15, 0.2) is 30.0 Å². The normalized spacial score (nSPS) is 17.1. The molecule has 8 heteroatoms. The quantitative estimate of drug-likeness (QED) is 0.694. The lowest BCUT2D eigenvalue weighted by molar-refractivity contribution is -0.137. The number of hydrogen-bond donors (Lipinski definition) is 3. The second-order valence-electron chi connectivity index (χ2n) is 5.33. The summed E-state index contributed by atoms with van der Waals surface area (Å²) in [6, 6.07) is 5.17. The van der Waals surface area contributed by atoms with Crippen molar-refractivity contribution in [1.82, 2.24) is 9.80 Å². The van der Waals surface area contributed by atoms with Gasteiger partial charge in [0.05, 0.1) is 24.5 Å². The highest BCUT2D eigenvalue weighted by atomic mass is 16.3. The molecule has 2 aliphatic rings. The first kappa shape index (κ1) is 15.0. The molecule has 8 nitrogen and oxygen atoms in total. The Bertz CT molecular complexity index is 728. The molecule has 0 bridgehead atoms. The average molecular weight is 316 g/mol. The van der Waals surface area contributed by atoms with Crippen LogP contribution < -0.4 is 10.6 Å². The predicted octanol–water partition coefficient (Wildman–Crippen LogP) is 0.321. The van der Waals surface area contributed by atoms with E-state index in [-0.39, 0.29) is 24.9 Å². The molecule has 0 saturated carbocycles. The van der Waals surface area contributed by atoms with Crippen molar-refractivity contribution in [3.63, 3.8) is 0 Å². The van der Waals surface area contributed by atoms with Gasteiger partial charge in [-0.25, -0.2) is 4.79 Å². The van der Waals surface area contributed by atoms with Crippen LogP contribution in [0.2, 0.25) is 0 Å². The van der Waals surface area contributed by atoms with E-state index in [0.717, 1.165) is 10.5 Å². The van der Waals surface area contributed by atoms with E-state index in [1.54, 1.807) is 24.1 Å². The Morgan fingerprint density at radius 3 is 2.83 bits per heavy atom. The molecule has 1 aromatic carbocycles. The van der Waals surface area contributed by atoms with Crippen molar-refractivity contribution in [2.24, 2.45) is 0 Å². The molecule has 0 radical (unpaired) electrons. The molecule has 4 amide bonds. The van der Waals surface area contributed by atoms with E-state index in [1.165, 1.54) is 6.08 Å². The Labute approximate surface area is 132 Å². The van der Waals surface area contributed by atoms with E-state index in [0.29, 0.717) is 17.9 Å². The zero-order valence-electron chi connectivity index (χ0n) is 12.5. The van der Waals surface area contributed by atoms with Gasteiger partial charge in [-0.15, -0.1) is 0 Å². The van der Waals surface area contributed by atoms with Gasteiger partial charge in [0.1, 0.15) is 5.70 Å². The summed E-state index contributed by atoms with van der Waals surface area (Å²) >= 11 is 0. The number of nitrogens with one attached hydrogen (secondary N) is 2. The predicted molar refractivity (Wildman–Crippen MR) is 82.4 cm³/mol. The third-order valence-electron chi connectivity index (χ3n) is 3.74. The number of aliphatic hydroxyl groups excluding tert-OH is 1. The second kappa shape index (κ2) is 5.73. The number of benzene rings is 1. The van der Waals surface area contributed by atoms with Crippen LogP contribution in [0.5, 0.6) is 0 Å². The molecular weight excluding hydrogens is 300 g/mol. The van der Waals surface area contributed by atoms with E-state index in [4.69, 9.17) is 5.11 Å². The highest BCUT2D eigenvalue weighted by Crippen LogP contribution is 2.32. The van der Waals surface area contributed by atoms with Gasteiger partial charge in [-0.05, 0) is 11.6 Å². The first-order valence-corrected chi connectivity index (χ1v) is 7.10. The number of para-hydroxylation sites is 1. The molecule has 0 aromatic heterocycles. The number of carbonyl (C=O) groups is 3. The minimum absolute atomic E-state index is 0.0478. The molecule has 2 aliphatic heterocycles. The zero-order valence-corrected chi connectivity index (χ0v) is 12.5. The number of aliphatic hydroxyl groups is 1. The Balaban J connectivity index is 1.86. The van der Waals surface area contributed by atoms with Gasteiger partial charge in [0.2, 0.25) is 0 Å². The third kappa shape index (κ3) is 2.64. The number of amides is 4. The summed E-state index contributed by atoms with van der Waals surface area (Å²) in [7, 11) is 1.69. The molecule has 120 valence electrons. The van der Waals surface area contributed by atoms with Gasteiger partial charge < -0.3 is 20.6 Å². The van der Waals surface area contributed by atoms with Gasteiger partial charge in [-0.1, -0.05) is 12.1 Å². The molecule has 0 unspecified atom stereocenters. The summed E-state index contributed by atoms with van der Waals surface area (Å²) < 4.78 is 0. The molecule has 3 rings (SSSR count). The average Bonchev–Trinajstić information content (AvgIpc) is 2.77. The largest absolute Gasteiger partial charge is 0.395 e. The van der Waals surface area contributed by atoms with Crippen LogP contribution in [-0.2, 0) is 16.1 Å². The molecule has 0 fully saturated rings. The summed E-state index contributed by atoms with van der Waals surface area (Å²) in [5, 5.41) is 14.6. The molecule has 0 saturated heterocycles. The summed E-state index contributed by atoms with van der Waals surface area (Å²) in [6.45, 7) is 0.120. The van der Waals surface area contributed by atoms with Crippen LogP contribution in [0.3, 0.4) is 0 Å². The van der Waals surface area contributed by atoms with Crippen LogP contribution in [0.4, 0.5) is 16.2 Å². The second-order valence-corrected chi connectivity index (χ2v) is 5.33. The molecule has 2 heterocycles. The molecule has 3 N–H and O–H groups in total. The van der Waals surface area contributed by atoms with Crippen molar-refractivity contribution < 1.29 is 19.5 Å². The fraction of sp³-hybridized carbons (Fsp3) is 0.267. The Kier molecular flexibility index (Phi) is 3.75. The number of carbonyl (C=O) groups excluding carboxylic acids is 3. The van der Waals surface area contributed by atoms with Crippen molar-refractivity contribution in [2.45, 2.75) is 6.54 Å². The lowest BCUT2D eigenvalue weighted by atomic mass is 10.1. The maximum absolute atomic E-state index is 12.2. The lowest BCUT2D eigenvalue weighted by Gasteiger charge is -2.27. The first-order chi connectivity index (χ1) is 11.0. The monoisotopic (exact) mass is 316 g/mol. The van der Waals surface area contributed by atoms with Gasteiger partial charge in [0.15, 0.2) is 0 Å². The summed E-state index contributed by atoms with van der Waals surface area (Å²) in [5.41, 5.74) is 2.16. The SMILES string of the molecule is CN1Cc2cccc(NC3=CC(=O)N(CCO)C3=O)c2NC1=O. The number of fused-ring (bicyclic) bond motifs is 1. The molecule has 1 aromatic rings. The molecule has 0 aliphatic carbocycles. The van der Waals surface area contributed by atoms with Gasteiger partial charge in [0, 0.05) is 19.7 Å². The highest BCUT2D eigenvalue weighted by Gasteiger charge is 2.31. The van der Waals surface area contributed by atoms with Gasteiger partial charge >= 0.3 is 6.03 Å². The third-order valence-corrected chi connectivity index (χ3v) is 3.74. The number of β-amino-alcohol motifs (C(OH)–C–C–N with tert-alkyl or cyclic N) is 1. The fourth-order valence-electron chi connectivity index (χ4n) is 2.57. The van der Waals surface area contributed by atoms with E-state index in [9.17, 15) is 14.4 Å². The molecule has 0 atom stereocenters. The van der Waals surface area contributed by atoms with E-state index in [2.05, 4.69) is 10.6 Å². The van der Waals surface area contributed by atoms with Crippen LogP contribution in [0.25, 0.3) is 0 Å². The first-order valence-electron chi connectivity index (χ1n) is 7.10. The Hall–Kier alpha value is -2.87. The lowest BCUT2D eigenvalue weighted by Crippen LogP contribution is -2.36. The smallest absolute Gasteiger partial charge is 0.321 e. The molecule has 0 spiro atoms. The summed E-state index contributed by atoms with van der Waals surface area (Å²) in [4.78, 5) is 38.2. The minimum Gasteiger partial charge on any atom is -0.395 e. The number of hydrogen-bond acceptors (Lipinski definition) is 5. The van der Waals surface area contributed by atoms with Crippen LogP contribution in [0.1, 0.15) is 5.56 Å². The number of nitrogens with zero attached hydrogens (tertiary/aromatic N) is 2. The Morgan fingerprint density at radius 2 is 2.09 bits per heavy atom. The van der Waals surface area contributed by atoms with E-state index >= 15 is 0 Å². The van der Waals surface area contributed by atoms with Crippen molar-refractivity contribution in [3.05, 3.63) is 35.5 Å². The fourth-order valence-corrected chi connectivity index (χ4v) is 2.57. The number of rotatable bonds is 4. The van der Waals surface area contributed by atoms with Crippen LogP contribution in [0, 0.1) is 0 Å². The van der Waals surface area contributed by atoms with Crippen molar-refractivity contribution in [2.75, 3.05) is 30.8 Å². The van der Waals surface area contributed by atoms with Gasteiger partial charge in [-0.2, -0.15) is 0 Å². The number of anilines is 2. The van der Waals surface area contributed by atoms with Crippen LogP contribution >= 0.6 is 0 Å². The van der Waals surface area contributed by atoms with Gasteiger partial charge in [-0.3, -0.25) is 14.5 Å². The van der Waals surface area contributed by atoms with Crippen molar-refractivity contribution in [1.29, 1.82) is 0 Å². The topological polar surface area (TPSA) is 102 Å². The highest BCUT2D eigenvalue weighted by molar-refractivity contribution is 6.17. The van der Waals surface area contributed by atoms with E-state index < -0.39 is 11.8 Å². The Morgan fingerprint density at radius 1 is 1.30 bits per heavy atom. The molecular formula is C15H16N4O4. The van der Waals surface area contributed by atoms with Crippen molar-refractivity contribution in [3.8, 4) is 0 Å².